The van der Waals surface area contributed by atoms with Crippen LogP contribution < -0.4 is 10.9 Å². The second kappa shape index (κ2) is 8.24. The lowest BCUT2D eigenvalue weighted by molar-refractivity contribution is -0.116. The minimum Gasteiger partial charge on any atom is -0.334 e. The summed E-state index contributed by atoms with van der Waals surface area (Å²) in [4.78, 5) is 29.9. The van der Waals surface area contributed by atoms with Crippen LogP contribution in [-0.2, 0) is 11.3 Å². The Bertz CT molecular complexity index is 1380. The molecule has 8 nitrogen and oxygen atoms in total. The predicted octanol–water partition coefficient (Wildman–Crippen LogP) is 3.69. The van der Waals surface area contributed by atoms with Crippen molar-refractivity contribution in [3.8, 4) is 17.5 Å². The van der Waals surface area contributed by atoms with Gasteiger partial charge >= 0.3 is 0 Å². The molecule has 0 spiro atoms. The number of pyridine rings is 1. The van der Waals surface area contributed by atoms with Gasteiger partial charge < -0.3 is 9.84 Å². The van der Waals surface area contributed by atoms with E-state index in [2.05, 4.69) is 15.5 Å². The molecule has 0 aliphatic rings. The SMILES string of the molecule is CC(C)c1noc(-c2cc(=O)n(CC(=O)Nc3cccc(C#N)c3)c3ccccc23)n1. The molecule has 0 fully saturated rings. The number of hydrogen-bond donors (Lipinski definition) is 1. The third kappa shape index (κ3) is 4.07. The lowest BCUT2D eigenvalue weighted by Crippen LogP contribution is -2.27. The molecule has 0 radical (unpaired) electrons. The molecule has 1 N–H and O–H groups in total. The maximum Gasteiger partial charge on any atom is 0.258 e. The van der Waals surface area contributed by atoms with Crippen LogP contribution in [0.25, 0.3) is 22.4 Å². The van der Waals surface area contributed by atoms with Crippen molar-refractivity contribution >= 4 is 22.5 Å². The van der Waals surface area contributed by atoms with Gasteiger partial charge in [0, 0.05) is 23.1 Å². The summed E-state index contributed by atoms with van der Waals surface area (Å²) in [6, 6.07) is 17.3. The molecule has 0 saturated carbocycles. The van der Waals surface area contributed by atoms with E-state index in [1.807, 2.05) is 32.0 Å². The largest absolute Gasteiger partial charge is 0.334 e. The number of para-hydroxylation sites is 1. The fourth-order valence-corrected chi connectivity index (χ4v) is 3.26. The van der Waals surface area contributed by atoms with Gasteiger partial charge in [0.15, 0.2) is 5.82 Å². The molecular formula is C23H19N5O3. The predicted molar refractivity (Wildman–Crippen MR) is 115 cm³/mol. The third-order valence-electron chi connectivity index (χ3n) is 4.78. The Balaban J connectivity index is 1.70. The number of anilines is 1. The highest BCUT2D eigenvalue weighted by atomic mass is 16.5. The van der Waals surface area contributed by atoms with E-state index in [0.717, 1.165) is 5.39 Å². The summed E-state index contributed by atoms with van der Waals surface area (Å²) in [5, 5.41) is 16.4. The maximum atomic E-state index is 12.9. The maximum absolute atomic E-state index is 12.9. The van der Waals surface area contributed by atoms with Crippen molar-refractivity contribution in [2.75, 3.05) is 5.32 Å². The first-order valence-corrected chi connectivity index (χ1v) is 9.73. The summed E-state index contributed by atoms with van der Waals surface area (Å²) in [7, 11) is 0. The zero-order valence-electron chi connectivity index (χ0n) is 17.0. The molecule has 4 aromatic rings. The first kappa shape index (κ1) is 20.0. The third-order valence-corrected chi connectivity index (χ3v) is 4.78. The molecule has 1 amide bonds. The van der Waals surface area contributed by atoms with Gasteiger partial charge in [0.1, 0.15) is 6.54 Å². The number of nitriles is 1. The van der Waals surface area contributed by atoms with E-state index in [-0.39, 0.29) is 29.8 Å². The van der Waals surface area contributed by atoms with E-state index in [1.165, 1.54) is 10.6 Å². The van der Waals surface area contributed by atoms with Gasteiger partial charge in [-0.2, -0.15) is 10.2 Å². The van der Waals surface area contributed by atoms with Gasteiger partial charge in [0.05, 0.1) is 22.7 Å². The minimum absolute atomic E-state index is 0.0902. The van der Waals surface area contributed by atoms with Crippen LogP contribution in [0.15, 0.2) is 63.9 Å². The van der Waals surface area contributed by atoms with Crippen LogP contribution in [0, 0.1) is 11.3 Å². The highest BCUT2D eigenvalue weighted by molar-refractivity contribution is 5.95. The summed E-state index contributed by atoms with van der Waals surface area (Å²) < 4.78 is 6.77. The van der Waals surface area contributed by atoms with Crippen LogP contribution >= 0.6 is 0 Å². The Morgan fingerprint density at radius 1 is 1.19 bits per heavy atom. The van der Waals surface area contributed by atoms with Gasteiger partial charge in [-0.05, 0) is 24.3 Å². The van der Waals surface area contributed by atoms with Gasteiger partial charge in [-0.1, -0.05) is 43.3 Å². The average Bonchev–Trinajstić information content (AvgIpc) is 3.26. The average molecular weight is 413 g/mol. The summed E-state index contributed by atoms with van der Waals surface area (Å²) in [5.41, 5.74) is 1.67. The first-order chi connectivity index (χ1) is 15.0. The second-order valence-electron chi connectivity index (χ2n) is 7.35. The molecule has 0 aliphatic carbocycles. The Hall–Kier alpha value is -4.25. The lowest BCUT2D eigenvalue weighted by Gasteiger charge is -2.12. The van der Waals surface area contributed by atoms with Crippen LogP contribution in [0.3, 0.4) is 0 Å². The van der Waals surface area contributed by atoms with E-state index in [9.17, 15) is 9.59 Å². The quantitative estimate of drug-likeness (QED) is 0.534. The number of rotatable bonds is 5. The zero-order valence-corrected chi connectivity index (χ0v) is 17.0. The number of aromatic nitrogens is 3. The molecule has 0 aliphatic heterocycles. The molecule has 0 unspecified atom stereocenters. The zero-order chi connectivity index (χ0) is 22.0. The topological polar surface area (TPSA) is 114 Å². The molecule has 2 heterocycles. The second-order valence-corrected chi connectivity index (χ2v) is 7.35. The summed E-state index contributed by atoms with van der Waals surface area (Å²) >= 11 is 0. The fraction of sp³-hybridized carbons (Fsp3) is 0.174. The molecule has 2 aromatic carbocycles. The molecule has 2 aromatic heterocycles. The van der Waals surface area contributed by atoms with Gasteiger partial charge in [-0.3, -0.25) is 14.2 Å². The van der Waals surface area contributed by atoms with Gasteiger partial charge in [0.25, 0.3) is 11.4 Å². The normalized spacial score (nSPS) is 10.9. The van der Waals surface area contributed by atoms with E-state index in [1.54, 1.807) is 36.4 Å². The number of amides is 1. The summed E-state index contributed by atoms with van der Waals surface area (Å²) in [5.74, 6) is 0.534. The van der Waals surface area contributed by atoms with E-state index in [0.29, 0.717) is 28.2 Å². The molecule has 8 heteroatoms. The molecule has 0 atom stereocenters. The van der Waals surface area contributed by atoms with Crippen molar-refractivity contribution in [3.63, 3.8) is 0 Å². The van der Waals surface area contributed by atoms with Crippen molar-refractivity contribution < 1.29 is 9.32 Å². The van der Waals surface area contributed by atoms with Crippen molar-refractivity contribution in [3.05, 3.63) is 76.3 Å². The van der Waals surface area contributed by atoms with Crippen molar-refractivity contribution in [2.24, 2.45) is 0 Å². The summed E-state index contributed by atoms with van der Waals surface area (Å²) in [6.07, 6.45) is 0. The molecular weight excluding hydrogens is 394 g/mol. The first-order valence-electron chi connectivity index (χ1n) is 9.73. The van der Waals surface area contributed by atoms with Crippen molar-refractivity contribution in [1.29, 1.82) is 5.26 Å². The number of nitrogens with one attached hydrogen (secondary N) is 1. The molecule has 0 saturated heterocycles. The van der Waals surface area contributed by atoms with Gasteiger partial charge in [-0.15, -0.1) is 0 Å². The van der Waals surface area contributed by atoms with E-state index in [4.69, 9.17) is 9.78 Å². The Kier molecular flexibility index (Phi) is 5.33. The smallest absolute Gasteiger partial charge is 0.258 e. The van der Waals surface area contributed by atoms with Crippen LogP contribution in [0.4, 0.5) is 5.69 Å². The lowest BCUT2D eigenvalue weighted by atomic mass is 10.1. The molecule has 4 rings (SSSR count). The Morgan fingerprint density at radius 3 is 2.74 bits per heavy atom. The molecule has 0 bridgehead atoms. The number of nitrogens with zero attached hydrogens (tertiary/aromatic N) is 4. The van der Waals surface area contributed by atoms with Gasteiger partial charge in [-0.25, -0.2) is 0 Å². The highest BCUT2D eigenvalue weighted by Crippen LogP contribution is 2.27. The van der Waals surface area contributed by atoms with Crippen LogP contribution in [0.5, 0.6) is 0 Å². The van der Waals surface area contributed by atoms with Gasteiger partial charge in [0.2, 0.25) is 5.91 Å². The number of carbonyl (C=O) groups is 1. The minimum atomic E-state index is -0.380. The number of benzene rings is 2. The molecule has 154 valence electrons. The number of carbonyl (C=O) groups excluding carboxylic acids is 1. The van der Waals surface area contributed by atoms with E-state index < -0.39 is 0 Å². The van der Waals surface area contributed by atoms with E-state index >= 15 is 0 Å². The Morgan fingerprint density at radius 2 is 2.00 bits per heavy atom. The fourth-order valence-electron chi connectivity index (χ4n) is 3.26. The van der Waals surface area contributed by atoms with Crippen LogP contribution in [0.1, 0.15) is 31.2 Å². The standard InChI is InChI=1S/C23H19N5O3/c1-14(2)22-26-23(31-27-22)18-11-21(30)28(19-9-4-3-8-17(18)19)13-20(29)25-16-7-5-6-15(10-16)12-24/h3-11,14H,13H2,1-2H3,(H,25,29). The monoisotopic (exact) mass is 413 g/mol. The van der Waals surface area contributed by atoms with Crippen molar-refractivity contribution in [1.82, 2.24) is 14.7 Å². The number of fused-ring (bicyclic) bond motifs is 1. The summed E-state index contributed by atoms with van der Waals surface area (Å²) in [6.45, 7) is 3.72. The Labute approximate surface area is 177 Å². The van der Waals surface area contributed by atoms with Crippen molar-refractivity contribution in [2.45, 2.75) is 26.3 Å². The highest BCUT2D eigenvalue weighted by Gasteiger charge is 2.18. The number of hydrogen-bond acceptors (Lipinski definition) is 6. The van der Waals surface area contributed by atoms with Crippen LogP contribution in [-0.4, -0.2) is 20.6 Å². The van der Waals surface area contributed by atoms with Crippen LogP contribution in [0.2, 0.25) is 0 Å². The molecule has 31 heavy (non-hydrogen) atoms.